The van der Waals surface area contributed by atoms with Crippen molar-refractivity contribution in [1.29, 1.82) is 0 Å². The van der Waals surface area contributed by atoms with Crippen LogP contribution in [0.15, 0.2) is 47.6 Å². The topological polar surface area (TPSA) is 44.7 Å². The highest BCUT2D eigenvalue weighted by molar-refractivity contribution is 6.12. The fourth-order valence-corrected chi connectivity index (χ4v) is 2.98. The molecule has 1 aliphatic heterocycles. The van der Waals surface area contributed by atoms with Crippen LogP contribution in [0.3, 0.4) is 0 Å². The molecule has 0 bridgehead atoms. The van der Waals surface area contributed by atoms with Crippen molar-refractivity contribution >= 4 is 17.3 Å². The summed E-state index contributed by atoms with van der Waals surface area (Å²) >= 11 is 0. The summed E-state index contributed by atoms with van der Waals surface area (Å²) in [7, 11) is 1.53. The minimum Gasteiger partial charge on any atom is -0.325 e. The monoisotopic (exact) mass is 361 g/mol. The molecule has 1 N–H and O–H groups in total. The van der Waals surface area contributed by atoms with E-state index in [1.165, 1.54) is 30.3 Å². The molecule has 0 spiro atoms. The minimum atomic E-state index is -2.81. The van der Waals surface area contributed by atoms with Crippen molar-refractivity contribution in [3.05, 3.63) is 53.8 Å². The average molecular weight is 361 g/mol. The van der Waals surface area contributed by atoms with E-state index in [1.807, 2.05) is 25.1 Å². The Kier molecular flexibility index (Phi) is 4.97. The van der Waals surface area contributed by atoms with Crippen LogP contribution in [0.25, 0.3) is 11.1 Å². The van der Waals surface area contributed by atoms with Crippen LogP contribution < -0.4 is 5.32 Å². The number of anilines is 1. The van der Waals surface area contributed by atoms with E-state index in [-0.39, 0.29) is 6.54 Å². The van der Waals surface area contributed by atoms with E-state index in [0.29, 0.717) is 11.3 Å². The third-order valence-electron chi connectivity index (χ3n) is 4.20. The average Bonchev–Trinajstić information content (AvgIpc) is 2.99. The molecule has 3 rings (SSSR count). The molecule has 1 aliphatic rings. The van der Waals surface area contributed by atoms with Gasteiger partial charge in [0.2, 0.25) is 5.91 Å². The number of hydrogen-bond donors (Lipinski definition) is 1. The molecule has 1 atom stereocenters. The first kappa shape index (κ1) is 18.0. The van der Waals surface area contributed by atoms with Crippen molar-refractivity contribution in [2.75, 3.05) is 18.9 Å². The van der Waals surface area contributed by atoms with Crippen molar-refractivity contribution in [3.8, 4) is 11.1 Å². The number of carbonyl (C=O) groups is 1. The van der Waals surface area contributed by atoms with Crippen LogP contribution in [-0.4, -0.2) is 36.6 Å². The highest BCUT2D eigenvalue weighted by Crippen LogP contribution is 2.30. The maximum atomic E-state index is 13.8. The number of hydrazone groups is 1. The van der Waals surface area contributed by atoms with Crippen LogP contribution in [0.1, 0.15) is 5.56 Å². The van der Waals surface area contributed by atoms with E-state index < -0.39 is 29.8 Å². The first-order valence-corrected chi connectivity index (χ1v) is 8.10. The molecule has 7 heteroatoms. The number of nitrogens with one attached hydrogen (secondary N) is 1. The maximum absolute atomic E-state index is 13.8. The second kappa shape index (κ2) is 7.19. The second-order valence-corrected chi connectivity index (χ2v) is 6.27. The van der Waals surface area contributed by atoms with Gasteiger partial charge in [-0.05, 0) is 30.7 Å². The van der Waals surface area contributed by atoms with Gasteiger partial charge in [-0.2, -0.15) is 5.10 Å². The highest BCUT2D eigenvalue weighted by Gasteiger charge is 2.36. The quantitative estimate of drug-likeness (QED) is 0.897. The van der Waals surface area contributed by atoms with Crippen LogP contribution in [0.2, 0.25) is 0 Å². The largest absolute Gasteiger partial charge is 0.325 e. The molecule has 0 saturated heterocycles. The summed E-state index contributed by atoms with van der Waals surface area (Å²) < 4.78 is 40.0. The molecule has 1 unspecified atom stereocenters. The van der Waals surface area contributed by atoms with Gasteiger partial charge in [0, 0.05) is 18.3 Å². The zero-order chi connectivity index (χ0) is 18.8. The third-order valence-corrected chi connectivity index (χ3v) is 4.20. The Morgan fingerprint density at radius 2 is 2.04 bits per heavy atom. The summed E-state index contributed by atoms with van der Waals surface area (Å²) in [5.41, 5.74) is 2.11. The number of nitrogens with zero attached hydrogens (tertiary/aromatic N) is 2. The minimum absolute atomic E-state index is 0.0759. The number of hydrogen-bond acceptors (Lipinski definition) is 3. The molecule has 2 aromatic carbocycles. The van der Waals surface area contributed by atoms with E-state index >= 15 is 0 Å². The fourth-order valence-electron chi connectivity index (χ4n) is 2.98. The number of benzene rings is 2. The molecular weight excluding hydrogens is 343 g/mol. The number of amides is 1. The second-order valence-electron chi connectivity index (χ2n) is 6.27. The van der Waals surface area contributed by atoms with Crippen molar-refractivity contribution in [3.63, 3.8) is 0 Å². The Morgan fingerprint density at radius 3 is 2.73 bits per heavy atom. The van der Waals surface area contributed by atoms with Crippen LogP contribution in [0.4, 0.5) is 18.9 Å². The Morgan fingerprint density at radius 1 is 1.27 bits per heavy atom. The van der Waals surface area contributed by atoms with Gasteiger partial charge in [-0.3, -0.25) is 9.80 Å². The van der Waals surface area contributed by atoms with Crippen molar-refractivity contribution in [2.45, 2.75) is 13.3 Å². The standard InChI is InChI=1S/C19H18F3N3O/c1-11-4-3-5-12(8-11)14-9-13(20)6-7-16(14)23-19(26)15-10-25(2)24-17(15)18(21)22/h3-9,15,18H,10H2,1-2H3,(H,23,26). The van der Waals surface area contributed by atoms with E-state index in [9.17, 15) is 18.0 Å². The Balaban J connectivity index is 1.91. The fraction of sp³-hybridized carbons (Fsp3) is 0.263. The van der Waals surface area contributed by atoms with Crippen LogP contribution in [0.5, 0.6) is 0 Å². The lowest BCUT2D eigenvalue weighted by molar-refractivity contribution is -0.118. The summed E-state index contributed by atoms with van der Waals surface area (Å²) in [5.74, 6) is -2.08. The van der Waals surface area contributed by atoms with E-state index in [0.717, 1.165) is 11.1 Å². The van der Waals surface area contributed by atoms with Crippen molar-refractivity contribution < 1.29 is 18.0 Å². The molecule has 0 saturated carbocycles. The van der Waals surface area contributed by atoms with Crippen LogP contribution in [-0.2, 0) is 4.79 Å². The summed E-state index contributed by atoms with van der Waals surface area (Å²) in [6.07, 6.45) is -2.81. The Hall–Kier alpha value is -2.83. The summed E-state index contributed by atoms with van der Waals surface area (Å²) in [5, 5.41) is 7.69. The van der Waals surface area contributed by atoms with E-state index in [4.69, 9.17) is 0 Å². The number of rotatable bonds is 4. The first-order valence-electron chi connectivity index (χ1n) is 8.10. The predicted molar refractivity (Wildman–Crippen MR) is 94.8 cm³/mol. The van der Waals surface area contributed by atoms with Crippen molar-refractivity contribution in [1.82, 2.24) is 5.01 Å². The summed E-state index contributed by atoms with van der Waals surface area (Å²) in [6.45, 7) is 1.98. The van der Waals surface area contributed by atoms with E-state index in [2.05, 4.69) is 10.4 Å². The molecule has 2 aromatic rings. The molecule has 0 radical (unpaired) electrons. The van der Waals surface area contributed by atoms with Gasteiger partial charge in [0.1, 0.15) is 17.4 Å². The summed E-state index contributed by atoms with van der Waals surface area (Å²) in [4.78, 5) is 12.6. The Bertz CT molecular complexity index is 867. The molecule has 1 amide bonds. The lowest BCUT2D eigenvalue weighted by atomic mass is 10.00. The van der Waals surface area contributed by atoms with Crippen LogP contribution >= 0.6 is 0 Å². The van der Waals surface area contributed by atoms with Gasteiger partial charge >= 0.3 is 0 Å². The molecular formula is C19H18F3N3O. The molecule has 4 nitrogen and oxygen atoms in total. The van der Waals surface area contributed by atoms with Gasteiger partial charge < -0.3 is 5.32 Å². The highest BCUT2D eigenvalue weighted by atomic mass is 19.3. The summed E-state index contributed by atoms with van der Waals surface area (Å²) in [6, 6.07) is 11.4. The van der Waals surface area contributed by atoms with Gasteiger partial charge in [0.05, 0.1) is 6.54 Å². The normalized spacial score (nSPS) is 16.8. The van der Waals surface area contributed by atoms with Gasteiger partial charge in [-0.15, -0.1) is 0 Å². The zero-order valence-corrected chi connectivity index (χ0v) is 14.3. The molecule has 0 aliphatic carbocycles. The maximum Gasteiger partial charge on any atom is 0.279 e. The van der Waals surface area contributed by atoms with Gasteiger partial charge in [-0.25, -0.2) is 13.2 Å². The smallest absolute Gasteiger partial charge is 0.279 e. The number of aryl methyl sites for hydroxylation is 1. The molecule has 0 aromatic heterocycles. The van der Waals surface area contributed by atoms with Gasteiger partial charge in [-0.1, -0.05) is 29.8 Å². The lowest BCUT2D eigenvalue weighted by Crippen LogP contribution is -2.34. The number of halogens is 3. The molecule has 26 heavy (non-hydrogen) atoms. The predicted octanol–water partition coefficient (Wildman–Crippen LogP) is 3.92. The van der Waals surface area contributed by atoms with E-state index in [1.54, 1.807) is 6.07 Å². The number of alkyl halides is 2. The number of carbonyl (C=O) groups excluding carboxylic acids is 1. The molecule has 0 fully saturated rings. The lowest BCUT2D eigenvalue weighted by Gasteiger charge is -2.16. The molecule has 1 heterocycles. The first-order chi connectivity index (χ1) is 12.3. The van der Waals surface area contributed by atoms with Crippen LogP contribution in [0, 0.1) is 18.7 Å². The van der Waals surface area contributed by atoms with Crippen molar-refractivity contribution in [2.24, 2.45) is 11.0 Å². The zero-order valence-electron chi connectivity index (χ0n) is 14.3. The third kappa shape index (κ3) is 3.71. The molecule has 136 valence electrons. The van der Waals surface area contributed by atoms with Gasteiger partial charge in [0.25, 0.3) is 6.43 Å². The SMILES string of the molecule is Cc1cccc(-c2cc(F)ccc2NC(=O)C2CN(C)N=C2C(F)F)c1. The van der Waals surface area contributed by atoms with Gasteiger partial charge in [0.15, 0.2) is 0 Å². The Labute approximate surface area is 149 Å².